The molecule has 13 heavy (non-hydrogen) atoms. The summed E-state index contributed by atoms with van der Waals surface area (Å²) in [5, 5.41) is 7.76. The molecule has 0 bridgehead atoms. The molecule has 1 rings (SSSR count). The van der Waals surface area contributed by atoms with E-state index in [2.05, 4.69) is 35.0 Å². The van der Waals surface area contributed by atoms with Crippen LogP contribution in [0.1, 0.15) is 31.7 Å². The Morgan fingerprint density at radius 2 is 2.23 bits per heavy atom. The average Bonchev–Trinajstić information content (AvgIpc) is 2.47. The van der Waals surface area contributed by atoms with Gasteiger partial charge in [-0.2, -0.15) is 5.10 Å². The Balaban J connectivity index is 2.53. The van der Waals surface area contributed by atoms with Crippen LogP contribution in [0.15, 0.2) is 6.07 Å². The molecule has 1 heterocycles. The lowest BCUT2D eigenvalue weighted by Crippen LogP contribution is -2.17. The summed E-state index contributed by atoms with van der Waals surface area (Å²) in [6, 6.07) is 2.14. The van der Waals surface area contributed by atoms with Crippen molar-refractivity contribution in [2.45, 2.75) is 40.3 Å². The highest BCUT2D eigenvalue weighted by Gasteiger charge is 2.01. The zero-order valence-corrected chi connectivity index (χ0v) is 8.80. The number of nitrogens with one attached hydrogen (secondary N) is 1. The highest BCUT2D eigenvalue weighted by Crippen LogP contribution is 2.02. The van der Waals surface area contributed by atoms with E-state index in [1.54, 1.807) is 0 Å². The van der Waals surface area contributed by atoms with Crippen LogP contribution < -0.4 is 5.32 Å². The molecular weight excluding hydrogens is 162 g/mol. The lowest BCUT2D eigenvalue weighted by molar-refractivity contribution is 0.577. The molecule has 1 N–H and O–H groups in total. The minimum absolute atomic E-state index is 0.933. The van der Waals surface area contributed by atoms with Gasteiger partial charge in [-0.15, -0.1) is 0 Å². The first kappa shape index (κ1) is 10.3. The Bertz CT molecular complexity index is 253. The molecule has 74 valence electrons. The second-order valence-electron chi connectivity index (χ2n) is 3.27. The highest BCUT2D eigenvalue weighted by atomic mass is 15.3. The zero-order chi connectivity index (χ0) is 9.68. The summed E-state index contributed by atoms with van der Waals surface area (Å²) in [4.78, 5) is 0. The standard InChI is InChI=1S/C10H19N3/c1-4-6-11-8-10-7-9(3)12-13(10)5-2/h7,11H,4-6,8H2,1-3H3. The first-order chi connectivity index (χ1) is 6.27. The Labute approximate surface area is 80.1 Å². The number of hydrogen-bond acceptors (Lipinski definition) is 2. The van der Waals surface area contributed by atoms with Crippen molar-refractivity contribution in [3.8, 4) is 0 Å². The largest absolute Gasteiger partial charge is 0.311 e. The molecule has 0 aromatic carbocycles. The molecule has 0 aliphatic heterocycles. The van der Waals surface area contributed by atoms with Crippen molar-refractivity contribution >= 4 is 0 Å². The van der Waals surface area contributed by atoms with Crippen LogP contribution in [-0.2, 0) is 13.1 Å². The van der Waals surface area contributed by atoms with Gasteiger partial charge in [-0.25, -0.2) is 0 Å². The first-order valence-corrected chi connectivity index (χ1v) is 5.02. The molecule has 0 amide bonds. The van der Waals surface area contributed by atoms with Gasteiger partial charge in [0, 0.05) is 13.1 Å². The van der Waals surface area contributed by atoms with Crippen LogP contribution in [0.5, 0.6) is 0 Å². The minimum Gasteiger partial charge on any atom is -0.311 e. The second kappa shape index (κ2) is 5.02. The summed E-state index contributed by atoms with van der Waals surface area (Å²) in [7, 11) is 0. The molecule has 3 nitrogen and oxygen atoms in total. The van der Waals surface area contributed by atoms with Gasteiger partial charge in [-0.05, 0) is 32.9 Å². The third kappa shape index (κ3) is 2.84. The van der Waals surface area contributed by atoms with E-state index in [9.17, 15) is 0 Å². The van der Waals surface area contributed by atoms with Gasteiger partial charge >= 0.3 is 0 Å². The maximum atomic E-state index is 4.38. The summed E-state index contributed by atoms with van der Waals surface area (Å²) in [6.07, 6.45) is 1.18. The smallest absolute Gasteiger partial charge is 0.0597 e. The molecule has 0 radical (unpaired) electrons. The van der Waals surface area contributed by atoms with Gasteiger partial charge in [0.15, 0.2) is 0 Å². The van der Waals surface area contributed by atoms with Gasteiger partial charge in [-0.1, -0.05) is 6.92 Å². The predicted octanol–water partition coefficient (Wildman–Crippen LogP) is 1.71. The van der Waals surface area contributed by atoms with Crippen LogP contribution in [0.4, 0.5) is 0 Å². The summed E-state index contributed by atoms with van der Waals surface area (Å²) in [5.41, 5.74) is 2.39. The van der Waals surface area contributed by atoms with Crippen LogP contribution in [0.3, 0.4) is 0 Å². The van der Waals surface area contributed by atoms with E-state index < -0.39 is 0 Å². The second-order valence-corrected chi connectivity index (χ2v) is 3.27. The van der Waals surface area contributed by atoms with Crippen molar-refractivity contribution in [3.63, 3.8) is 0 Å². The molecule has 0 atom stereocenters. The monoisotopic (exact) mass is 181 g/mol. The van der Waals surface area contributed by atoms with E-state index in [4.69, 9.17) is 0 Å². The maximum absolute atomic E-state index is 4.38. The van der Waals surface area contributed by atoms with E-state index in [-0.39, 0.29) is 0 Å². The van der Waals surface area contributed by atoms with Crippen LogP contribution in [-0.4, -0.2) is 16.3 Å². The van der Waals surface area contributed by atoms with E-state index in [1.165, 1.54) is 12.1 Å². The number of aryl methyl sites for hydroxylation is 2. The van der Waals surface area contributed by atoms with Gasteiger partial charge in [0.2, 0.25) is 0 Å². The van der Waals surface area contributed by atoms with Gasteiger partial charge in [0.1, 0.15) is 0 Å². The van der Waals surface area contributed by atoms with Crippen molar-refractivity contribution in [2.75, 3.05) is 6.54 Å². The normalized spacial score (nSPS) is 10.7. The predicted molar refractivity (Wildman–Crippen MR) is 54.6 cm³/mol. The lowest BCUT2D eigenvalue weighted by Gasteiger charge is -2.04. The van der Waals surface area contributed by atoms with Gasteiger partial charge in [0.25, 0.3) is 0 Å². The summed E-state index contributed by atoms with van der Waals surface area (Å²) in [5.74, 6) is 0. The van der Waals surface area contributed by atoms with E-state index >= 15 is 0 Å². The number of aromatic nitrogens is 2. The fraction of sp³-hybridized carbons (Fsp3) is 0.700. The van der Waals surface area contributed by atoms with E-state index in [1.807, 2.05) is 6.92 Å². The third-order valence-corrected chi connectivity index (χ3v) is 2.02. The Morgan fingerprint density at radius 1 is 1.46 bits per heavy atom. The Morgan fingerprint density at radius 3 is 2.85 bits per heavy atom. The maximum Gasteiger partial charge on any atom is 0.0597 e. The van der Waals surface area contributed by atoms with Crippen molar-refractivity contribution in [1.82, 2.24) is 15.1 Å². The molecule has 0 aliphatic carbocycles. The van der Waals surface area contributed by atoms with E-state index in [0.29, 0.717) is 0 Å². The summed E-state index contributed by atoms with van der Waals surface area (Å²) >= 11 is 0. The fourth-order valence-electron chi connectivity index (χ4n) is 1.41. The van der Waals surface area contributed by atoms with Gasteiger partial charge < -0.3 is 5.32 Å². The molecule has 0 saturated carbocycles. The van der Waals surface area contributed by atoms with Crippen molar-refractivity contribution < 1.29 is 0 Å². The molecule has 0 aliphatic rings. The highest BCUT2D eigenvalue weighted by molar-refractivity contribution is 5.08. The molecule has 0 saturated heterocycles. The van der Waals surface area contributed by atoms with Gasteiger partial charge in [-0.3, -0.25) is 4.68 Å². The summed E-state index contributed by atoms with van der Waals surface area (Å²) in [6.45, 7) is 9.30. The van der Waals surface area contributed by atoms with E-state index in [0.717, 1.165) is 25.3 Å². The SMILES string of the molecule is CCCNCc1cc(C)nn1CC. The molecule has 1 aromatic rings. The average molecular weight is 181 g/mol. The summed E-state index contributed by atoms with van der Waals surface area (Å²) < 4.78 is 2.05. The van der Waals surface area contributed by atoms with Crippen molar-refractivity contribution in [3.05, 3.63) is 17.5 Å². The Hall–Kier alpha value is -0.830. The first-order valence-electron chi connectivity index (χ1n) is 5.02. The van der Waals surface area contributed by atoms with Crippen LogP contribution in [0.25, 0.3) is 0 Å². The van der Waals surface area contributed by atoms with Crippen molar-refractivity contribution in [1.29, 1.82) is 0 Å². The molecule has 1 aromatic heterocycles. The molecule has 0 fully saturated rings. The van der Waals surface area contributed by atoms with Crippen LogP contribution in [0, 0.1) is 6.92 Å². The topological polar surface area (TPSA) is 29.9 Å². The van der Waals surface area contributed by atoms with Gasteiger partial charge in [0.05, 0.1) is 11.4 Å². The minimum atomic E-state index is 0.933. The van der Waals surface area contributed by atoms with Crippen molar-refractivity contribution in [2.24, 2.45) is 0 Å². The number of nitrogens with zero attached hydrogens (tertiary/aromatic N) is 2. The Kier molecular flexibility index (Phi) is 3.96. The number of rotatable bonds is 5. The van der Waals surface area contributed by atoms with Crippen LogP contribution >= 0.6 is 0 Å². The zero-order valence-electron chi connectivity index (χ0n) is 8.80. The molecule has 0 spiro atoms. The van der Waals surface area contributed by atoms with Crippen LogP contribution in [0.2, 0.25) is 0 Å². The molecular formula is C10H19N3. The fourth-order valence-corrected chi connectivity index (χ4v) is 1.41. The molecule has 3 heteroatoms. The molecule has 0 unspecified atom stereocenters. The quantitative estimate of drug-likeness (QED) is 0.701. The lowest BCUT2D eigenvalue weighted by atomic mass is 10.3. The third-order valence-electron chi connectivity index (χ3n) is 2.02. The number of hydrogen-bond donors (Lipinski definition) is 1.